The Hall–Kier alpha value is -1.07. The number of anilines is 2. The van der Waals surface area contributed by atoms with E-state index in [-0.39, 0.29) is 11.9 Å². The Morgan fingerprint density at radius 1 is 1.37 bits per heavy atom. The zero-order chi connectivity index (χ0) is 13.6. The van der Waals surface area contributed by atoms with Gasteiger partial charge in [0, 0.05) is 23.6 Å². The minimum Gasteiger partial charge on any atom is -0.365 e. The van der Waals surface area contributed by atoms with E-state index in [4.69, 9.17) is 0 Å². The van der Waals surface area contributed by atoms with E-state index in [2.05, 4.69) is 52.1 Å². The molecule has 1 atom stereocenters. The number of rotatable bonds is 1. The highest BCUT2D eigenvalue weighted by molar-refractivity contribution is 9.10. The van der Waals surface area contributed by atoms with Crippen molar-refractivity contribution >= 4 is 33.2 Å². The molecule has 0 radical (unpaired) electrons. The summed E-state index contributed by atoms with van der Waals surface area (Å²) in [5.74, 6) is 0.166. The molecule has 0 spiro atoms. The molecule has 0 saturated carbocycles. The Balaban J connectivity index is 2.11. The van der Waals surface area contributed by atoms with Crippen LogP contribution < -0.4 is 15.1 Å². The van der Waals surface area contributed by atoms with E-state index >= 15 is 0 Å². The summed E-state index contributed by atoms with van der Waals surface area (Å²) in [6.45, 7) is 6.58. The lowest BCUT2D eigenvalue weighted by molar-refractivity contribution is -0.119. The third kappa shape index (κ3) is 2.15. The molecule has 0 bridgehead atoms. The molecule has 3 rings (SSSR count). The van der Waals surface area contributed by atoms with Crippen molar-refractivity contribution in [1.29, 1.82) is 0 Å². The number of piperazine rings is 1. The highest BCUT2D eigenvalue weighted by Crippen LogP contribution is 2.39. The fraction of sp³-hybridized carbons (Fsp3) is 0.500. The van der Waals surface area contributed by atoms with Crippen LogP contribution in [0.2, 0.25) is 0 Å². The number of hydrogen-bond acceptors (Lipinski definition) is 3. The van der Waals surface area contributed by atoms with Gasteiger partial charge >= 0.3 is 0 Å². The van der Waals surface area contributed by atoms with E-state index in [1.54, 1.807) is 0 Å². The number of hydrogen-bond donors (Lipinski definition) is 1. The molecule has 1 fully saturated rings. The van der Waals surface area contributed by atoms with Gasteiger partial charge in [0.2, 0.25) is 5.91 Å². The highest BCUT2D eigenvalue weighted by Gasteiger charge is 2.37. The lowest BCUT2D eigenvalue weighted by Crippen LogP contribution is -2.62. The maximum Gasteiger partial charge on any atom is 0.241 e. The van der Waals surface area contributed by atoms with Crippen molar-refractivity contribution in [3.63, 3.8) is 0 Å². The molecule has 1 saturated heterocycles. The van der Waals surface area contributed by atoms with Crippen molar-refractivity contribution in [1.82, 2.24) is 5.32 Å². The van der Waals surface area contributed by atoms with Crippen LogP contribution >= 0.6 is 15.9 Å². The third-order valence-corrected chi connectivity index (χ3v) is 4.32. The first-order valence-corrected chi connectivity index (χ1v) is 7.46. The molecular formula is C14H18BrN3O. The monoisotopic (exact) mass is 323 g/mol. The molecule has 0 aromatic heterocycles. The van der Waals surface area contributed by atoms with Crippen molar-refractivity contribution in [3.05, 3.63) is 22.7 Å². The Labute approximate surface area is 121 Å². The van der Waals surface area contributed by atoms with Gasteiger partial charge in [-0.3, -0.25) is 4.79 Å². The Bertz CT molecular complexity index is 517. The zero-order valence-corrected chi connectivity index (χ0v) is 12.8. The second-order valence-electron chi connectivity index (χ2n) is 5.43. The molecule has 19 heavy (non-hydrogen) atoms. The summed E-state index contributed by atoms with van der Waals surface area (Å²) in [4.78, 5) is 16.6. The SMILES string of the molecule is CC(C)N1CC2CNCC(=O)N2c2cc(Br)ccc21. The molecule has 102 valence electrons. The molecule has 4 nitrogen and oxygen atoms in total. The van der Waals surface area contributed by atoms with E-state index < -0.39 is 0 Å². The van der Waals surface area contributed by atoms with Gasteiger partial charge in [0.05, 0.1) is 24.0 Å². The van der Waals surface area contributed by atoms with Gasteiger partial charge in [-0.15, -0.1) is 0 Å². The fourth-order valence-corrected chi connectivity index (χ4v) is 3.30. The average Bonchev–Trinajstić information content (AvgIpc) is 2.37. The topological polar surface area (TPSA) is 35.6 Å². The first-order valence-electron chi connectivity index (χ1n) is 6.67. The lowest BCUT2D eigenvalue weighted by Gasteiger charge is -2.47. The Morgan fingerprint density at radius 3 is 2.89 bits per heavy atom. The van der Waals surface area contributed by atoms with E-state index in [0.29, 0.717) is 12.6 Å². The van der Waals surface area contributed by atoms with Crippen LogP contribution in [0, 0.1) is 0 Å². The number of amides is 1. The molecule has 5 heteroatoms. The van der Waals surface area contributed by atoms with Gasteiger partial charge in [-0.05, 0) is 32.0 Å². The number of halogens is 1. The van der Waals surface area contributed by atoms with Crippen LogP contribution in [0.4, 0.5) is 11.4 Å². The second-order valence-corrected chi connectivity index (χ2v) is 6.34. The quantitative estimate of drug-likeness (QED) is 0.858. The first-order chi connectivity index (χ1) is 9.08. The summed E-state index contributed by atoms with van der Waals surface area (Å²) in [5, 5.41) is 3.21. The smallest absolute Gasteiger partial charge is 0.241 e. The molecular weight excluding hydrogens is 306 g/mol. The molecule has 1 N–H and O–H groups in total. The van der Waals surface area contributed by atoms with Crippen molar-refractivity contribution in [2.45, 2.75) is 25.9 Å². The number of fused-ring (bicyclic) bond motifs is 3. The number of benzene rings is 1. The summed E-state index contributed by atoms with van der Waals surface area (Å²) in [6.07, 6.45) is 0. The van der Waals surface area contributed by atoms with E-state index in [1.165, 1.54) is 0 Å². The standard InChI is InChI=1S/C14H18BrN3O/c1-9(2)17-8-11-6-16-7-14(19)18(11)13-5-10(15)3-4-12(13)17/h3-5,9,11,16H,6-8H2,1-2H3. The highest BCUT2D eigenvalue weighted by atomic mass is 79.9. The van der Waals surface area contributed by atoms with Crippen LogP contribution in [-0.2, 0) is 4.79 Å². The summed E-state index contributed by atoms with van der Waals surface area (Å²) in [6, 6.07) is 6.86. The van der Waals surface area contributed by atoms with Gasteiger partial charge in [-0.25, -0.2) is 0 Å². The number of nitrogens with one attached hydrogen (secondary N) is 1. The zero-order valence-electron chi connectivity index (χ0n) is 11.2. The molecule has 1 amide bonds. The van der Waals surface area contributed by atoms with Gasteiger partial charge in [0.1, 0.15) is 0 Å². The minimum atomic E-state index is 0.166. The number of carbonyl (C=O) groups is 1. The molecule has 0 aliphatic carbocycles. The molecule has 2 aliphatic heterocycles. The van der Waals surface area contributed by atoms with Crippen molar-refractivity contribution in [2.24, 2.45) is 0 Å². The van der Waals surface area contributed by atoms with Gasteiger partial charge in [-0.2, -0.15) is 0 Å². The van der Waals surface area contributed by atoms with E-state index in [0.717, 1.165) is 28.9 Å². The van der Waals surface area contributed by atoms with Crippen LogP contribution in [0.15, 0.2) is 22.7 Å². The molecule has 1 aromatic carbocycles. The normalized spacial score (nSPS) is 22.5. The summed E-state index contributed by atoms with van der Waals surface area (Å²) in [5.41, 5.74) is 2.19. The summed E-state index contributed by atoms with van der Waals surface area (Å²) < 4.78 is 1.02. The molecule has 1 aromatic rings. The lowest BCUT2D eigenvalue weighted by atomic mass is 10.0. The van der Waals surface area contributed by atoms with Gasteiger partial charge in [0.15, 0.2) is 0 Å². The van der Waals surface area contributed by atoms with Crippen LogP contribution in [0.5, 0.6) is 0 Å². The van der Waals surface area contributed by atoms with Crippen molar-refractivity contribution in [3.8, 4) is 0 Å². The number of nitrogens with zero attached hydrogens (tertiary/aromatic N) is 2. The fourth-order valence-electron chi connectivity index (χ4n) is 2.95. The third-order valence-electron chi connectivity index (χ3n) is 3.83. The summed E-state index contributed by atoms with van der Waals surface area (Å²) in [7, 11) is 0. The van der Waals surface area contributed by atoms with Crippen LogP contribution in [-0.4, -0.2) is 37.6 Å². The van der Waals surface area contributed by atoms with Gasteiger partial charge < -0.3 is 15.1 Å². The van der Waals surface area contributed by atoms with E-state index in [1.807, 2.05) is 11.0 Å². The van der Waals surface area contributed by atoms with Crippen molar-refractivity contribution < 1.29 is 4.79 Å². The van der Waals surface area contributed by atoms with E-state index in [9.17, 15) is 4.79 Å². The van der Waals surface area contributed by atoms with Crippen LogP contribution in [0.25, 0.3) is 0 Å². The molecule has 2 heterocycles. The molecule has 2 aliphatic rings. The average molecular weight is 324 g/mol. The minimum absolute atomic E-state index is 0.166. The van der Waals surface area contributed by atoms with Gasteiger partial charge in [0.25, 0.3) is 0 Å². The van der Waals surface area contributed by atoms with Crippen LogP contribution in [0.1, 0.15) is 13.8 Å². The maximum atomic E-state index is 12.2. The largest absolute Gasteiger partial charge is 0.365 e. The first kappa shape index (κ1) is 12.9. The number of carbonyl (C=O) groups excluding carboxylic acids is 1. The predicted octanol–water partition coefficient (Wildman–Crippen LogP) is 1.98. The second kappa shape index (κ2) is 4.80. The van der Waals surface area contributed by atoms with Gasteiger partial charge in [-0.1, -0.05) is 15.9 Å². The maximum absolute atomic E-state index is 12.2. The molecule has 1 unspecified atom stereocenters. The summed E-state index contributed by atoms with van der Waals surface area (Å²) >= 11 is 3.51. The van der Waals surface area contributed by atoms with Crippen LogP contribution in [0.3, 0.4) is 0 Å². The van der Waals surface area contributed by atoms with Crippen molar-refractivity contribution in [2.75, 3.05) is 29.4 Å². The predicted molar refractivity (Wildman–Crippen MR) is 80.8 cm³/mol. The Morgan fingerprint density at radius 2 is 2.16 bits per heavy atom. The Kier molecular flexibility index (Phi) is 3.27.